The van der Waals surface area contributed by atoms with Crippen LogP contribution in [-0.4, -0.2) is 28.0 Å². The predicted octanol–water partition coefficient (Wildman–Crippen LogP) is 4.83. The molecule has 1 fully saturated rings. The van der Waals surface area contributed by atoms with Crippen LogP contribution >= 0.6 is 0 Å². The SMILES string of the molecule is Cc1cccc(-c2cccc(C3CCCN(Cc4cccnc4)C3)n2)c1. The Morgan fingerprint density at radius 2 is 2.00 bits per heavy atom. The van der Waals surface area contributed by atoms with Gasteiger partial charge in [0.1, 0.15) is 0 Å². The van der Waals surface area contributed by atoms with Crippen molar-refractivity contribution in [1.82, 2.24) is 14.9 Å². The molecule has 132 valence electrons. The Morgan fingerprint density at radius 1 is 1.08 bits per heavy atom. The summed E-state index contributed by atoms with van der Waals surface area (Å²) < 4.78 is 0. The monoisotopic (exact) mass is 343 g/mol. The van der Waals surface area contributed by atoms with Gasteiger partial charge in [0.15, 0.2) is 0 Å². The molecule has 1 aromatic carbocycles. The summed E-state index contributed by atoms with van der Waals surface area (Å²) in [6.45, 7) is 5.33. The number of rotatable bonds is 4. The van der Waals surface area contributed by atoms with Crippen LogP contribution in [0.2, 0.25) is 0 Å². The van der Waals surface area contributed by atoms with E-state index in [1.54, 1.807) is 0 Å². The van der Waals surface area contributed by atoms with Crippen LogP contribution < -0.4 is 0 Å². The number of piperidine rings is 1. The van der Waals surface area contributed by atoms with Crippen LogP contribution in [0.3, 0.4) is 0 Å². The number of hydrogen-bond acceptors (Lipinski definition) is 3. The van der Waals surface area contributed by atoms with Crippen LogP contribution in [0.15, 0.2) is 67.0 Å². The van der Waals surface area contributed by atoms with Crippen molar-refractivity contribution in [2.24, 2.45) is 0 Å². The van der Waals surface area contributed by atoms with Gasteiger partial charge in [-0.15, -0.1) is 0 Å². The summed E-state index contributed by atoms with van der Waals surface area (Å²) >= 11 is 0. The van der Waals surface area contributed by atoms with E-state index in [0.717, 1.165) is 25.3 Å². The maximum atomic E-state index is 5.01. The number of pyridine rings is 2. The summed E-state index contributed by atoms with van der Waals surface area (Å²) in [4.78, 5) is 11.8. The molecule has 3 nitrogen and oxygen atoms in total. The number of aryl methyl sites for hydroxylation is 1. The molecule has 1 saturated heterocycles. The molecule has 0 bridgehead atoms. The molecule has 2 aromatic heterocycles. The van der Waals surface area contributed by atoms with Gasteiger partial charge in [0.05, 0.1) is 5.69 Å². The summed E-state index contributed by atoms with van der Waals surface area (Å²) in [5.41, 5.74) is 6.06. The first kappa shape index (κ1) is 16.9. The van der Waals surface area contributed by atoms with Gasteiger partial charge in [0.25, 0.3) is 0 Å². The van der Waals surface area contributed by atoms with E-state index in [0.29, 0.717) is 5.92 Å². The molecule has 0 spiro atoms. The molecule has 3 heteroatoms. The van der Waals surface area contributed by atoms with E-state index in [-0.39, 0.29) is 0 Å². The highest BCUT2D eigenvalue weighted by atomic mass is 15.1. The van der Waals surface area contributed by atoms with Gasteiger partial charge in [0.2, 0.25) is 0 Å². The molecule has 4 rings (SSSR count). The molecule has 3 heterocycles. The van der Waals surface area contributed by atoms with Crippen LogP contribution in [-0.2, 0) is 6.54 Å². The maximum absolute atomic E-state index is 5.01. The third-order valence-electron chi connectivity index (χ3n) is 5.14. The average molecular weight is 343 g/mol. The zero-order chi connectivity index (χ0) is 17.8. The first-order valence-corrected chi connectivity index (χ1v) is 9.43. The summed E-state index contributed by atoms with van der Waals surface area (Å²) in [5.74, 6) is 0.505. The van der Waals surface area contributed by atoms with Crippen molar-refractivity contribution in [2.75, 3.05) is 13.1 Å². The van der Waals surface area contributed by atoms with E-state index >= 15 is 0 Å². The van der Waals surface area contributed by atoms with Crippen molar-refractivity contribution in [3.8, 4) is 11.3 Å². The molecule has 0 aliphatic carbocycles. The third-order valence-corrected chi connectivity index (χ3v) is 5.14. The molecule has 0 saturated carbocycles. The van der Waals surface area contributed by atoms with Gasteiger partial charge in [-0.2, -0.15) is 0 Å². The Morgan fingerprint density at radius 3 is 2.85 bits per heavy atom. The highest BCUT2D eigenvalue weighted by Crippen LogP contribution is 2.28. The lowest BCUT2D eigenvalue weighted by Crippen LogP contribution is -2.34. The Bertz CT molecular complexity index is 860. The molecule has 0 radical (unpaired) electrons. The van der Waals surface area contributed by atoms with Gasteiger partial charge >= 0.3 is 0 Å². The topological polar surface area (TPSA) is 29.0 Å². The van der Waals surface area contributed by atoms with E-state index < -0.39 is 0 Å². The van der Waals surface area contributed by atoms with Gasteiger partial charge in [-0.1, -0.05) is 35.9 Å². The van der Waals surface area contributed by atoms with E-state index in [1.807, 2.05) is 18.5 Å². The Labute approximate surface area is 155 Å². The van der Waals surface area contributed by atoms with Gasteiger partial charge in [-0.25, -0.2) is 0 Å². The lowest BCUT2D eigenvalue weighted by Gasteiger charge is -2.32. The van der Waals surface area contributed by atoms with Gasteiger partial charge in [0, 0.05) is 42.7 Å². The van der Waals surface area contributed by atoms with E-state index in [1.165, 1.54) is 35.2 Å². The van der Waals surface area contributed by atoms with Crippen LogP contribution in [0.1, 0.15) is 35.6 Å². The lowest BCUT2D eigenvalue weighted by atomic mass is 9.93. The molecular formula is C23H25N3. The number of aromatic nitrogens is 2. The summed E-state index contributed by atoms with van der Waals surface area (Å²) in [5, 5.41) is 0. The Balaban J connectivity index is 1.51. The van der Waals surface area contributed by atoms with E-state index in [2.05, 4.69) is 65.3 Å². The number of nitrogens with zero attached hydrogens (tertiary/aromatic N) is 3. The minimum atomic E-state index is 0.505. The minimum absolute atomic E-state index is 0.505. The molecule has 0 amide bonds. The minimum Gasteiger partial charge on any atom is -0.298 e. The molecule has 1 atom stereocenters. The van der Waals surface area contributed by atoms with Gasteiger partial charge in [-0.05, 0) is 56.1 Å². The zero-order valence-electron chi connectivity index (χ0n) is 15.3. The van der Waals surface area contributed by atoms with Gasteiger partial charge in [-0.3, -0.25) is 14.9 Å². The Hall–Kier alpha value is -2.52. The second-order valence-corrected chi connectivity index (χ2v) is 7.25. The van der Waals surface area contributed by atoms with Crippen LogP contribution in [0, 0.1) is 6.92 Å². The fourth-order valence-corrected chi connectivity index (χ4v) is 3.83. The fourth-order valence-electron chi connectivity index (χ4n) is 3.83. The van der Waals surface area contributed by atoms with Crippen LogP contribution in [0.5, 0.6) is 0 Å². The average Bonchev–Trinajstić information content (AvgIpc) is 2.69. The van der Waals surface area contributed by atoms with E-state index in [4.69, 9.17) is 4.98 Å². The van der Waals surface area contributed by atoms with E-state index in [9.17, 15) is 0 Å². The number of hydrogen-bond donors (Lipinski definition) is 0. The number of benzene rings is 1. The fraction of sp³-hybridized carbons (Fsp3) is 0.304. The highest BCUT2D eigenvalue weighted by Gasteiger charge is 2.22. The Kier molecular flexibility index (Phi) is 5.07. The second kappa shape index (κ2) is 7.79. The zero-order valence-corrected chi connectivity index (χ0v) is 15.3. The smallest absolute Gasteiger partial charge is 0.0705 e. The number of likely N-dealkylation sites (tertiary alicyclic amines) is 1. The normalized spacial score (nSPS) is 18.0. The predicted molar refractivity (Wildman–Crippen MR) is 106 cm³/mol. The summed E-state index contributed by atoms with van der Waals surface area (Å²) in [6.07, 6.45) is 6.25. The van der Waals surface area contributed by atoms with Gasteiger partial charge < -0.3 is 0 Å². The largest absolute Gasteiger partial charge is 0.298 e. The first-order valence-electron chi connectivity index (χ1n) is 9.43. The molecule has 3 aromatic rings. The third kappa shape index (κ3) is 4.00. The van der Waals surface area contributed by atoms with Crippen molar-refractivity contribution in [1.29, 1.82) is 0 Å². The standard InChI is InChI=1S/C23H25N3/c1-18-6-2-8-20(14-18)22-10-3-11-23(25-22)21-9-5-13-26(17-21)16-19-7-4-12-24-15-19/h2-4,6-8,10-12,14-15,21H,5,9,13,16-17H2,1H3. The molecule has 1 aliphatic rings. The van der Waals surface area contributed by atoms with Crippen LogP contribution in [0.4, 0.5) is 0 Å². The molecule has 1 unspecified atom stereocenters. The maximum Gasteiger partial charge on any atom is 0.0705 e. The van der Waals surface area contributed by atoms with Crippen molar-refractivity contribution < 1.29 is 0 Å². The quantitative estimate of drug-likeness (QED) is 0.679. The first-order chi connectivity index (χ1) is 12.8. The van der Waals surface area contributed by atoms with Crippen molar-refractivity contribution in [3.05, 3.63) is 83.8 Å². The van der Waals surface area contributed by atoms with Crippen molar-refractivity contribution in [3.63, 3.8) is 0 Å². The van der Waals surface area contributed by atoms with Crippen molar-refractivity contribution >= 4 is 0 Å². The summed E-state index contributed by atoms with van der Waals surface area (Å²) in [7, 11) is 0. The van der Waals surface area contributed by atoms with Crippen LogP contribution in [0.25, 0.3) is 11.3 Å². The van der Waals surface area contributed by atoms with Crippen molar-refractivity contribution in [2.45, 2.75) is 32.2 Å². The molecule has 0 N–H and O–H groups in total. The molecule has 1 aliphatic heterocycles. The second-order valence-electron chi connectivity index (χ2n) is 7.25. The highest BCUT2D eigenvalue weighted by molar-refractivity contribution is 5.60. The molecular weight excluding hydrogens is 318 g/mol. The molecule has 26 heavy (non-hydrogen) atoms. The lowest BCUT2D eigenvalue weighted by molar-refractivity contribution is 0.198. The summed E-state index contributed by atoms with van der Waals surface area (Å²) in [6, 6.07) is 19.2.